The maximum Gasteiger partial charge on any atom is 0.251 e. The Morgan fingerprint density at radius 3 is 2.30 bits per heavy atom. The van der Waals surface area contributed by atoms with Crippen LogP contribution in [0.25, 0.3) is 0 Å². The van der Waals surface area contributed by atoms with E-state index >= 15 is 0 Å². The molecular weight excluding hydrogens is 402 g/mol. The lowest BCUT2D eigenvalue weighted by Gasteiger charge is -2.19. The molecule has 2 aliphatic rings. The van der Waals surface area contributed by atoms with Crippen molar-refractivity contribution < 1.29 is 18.0 Å². The molecule has 2 fully saturated rings. The van der Waals surface area contributed by atoms with Crippen LogP contribution in [-0.4, -0.2) is 38.4 Å². The van der Waals surface area contributed by atoms with Crippen LogP contribution in [0.2, 0.25) is 0 Å². The lowest BCUT2D eigenvalue weighted by Crippen LogP contribution is -2.48. The van der Waals surface area contributed by atoms with Gasteiger partial charge in [0.05, 0.1) is 4.90 Å². The van der Waals surface area contributed by atoms with Crippen molar-refractivity contribution in [1.29, 1.82) is 0 Å². The molecule has 4 rings (SSSR count). The van der Waals surface area contributed by atoms with Gasteiger partial charge in [-0.15, -0.1) is 0 Å². The molecule has 8 heteroatoms. The SMILES string of the molecule is O=C(NC(Cc1ccccc1)C(=O)NC1CC1)c1cccc(S(=O)(=O)NC2CC2)c1. The molecule has 0 bridgehead atoms. The number of nitrogens with one attached hydrogen (secondary N) is 3. The van der Waals surface area contributed by atoms with Crippen LogP contribution in [0.4, 0.5) is 0 Å². The number of rotatable bonds is 9. The average molecular weight is 428 g/mol. The summed E-state index contributed by atoms with van der Waals surface area (Å²) in [5.41, 5.74) is 1.13. The number of benzene rings is 2. The average Bonchev–Trinajstić information content (AvgIpc) is 3.66. The Morgan fingerprint density at radius 1 is 0.933 bits per heavy atom. The zero-order chi connectivity index (χ0) is 21.1. The van der Waals surface area contributed by atoms with Gasteiger partial charge in [-0.3, -0.25) is 9.59 Å². The summed E-state index contributed by atoms with van der Waals surface area (Å²) in [5.74, 6) is -0.709. The fraction of sp³-hybridized carbons (Fsp3) is 0.364. The summed E-state index contributed by atoms with van der Waals surface area (Å²) >= 11 is 0. The number of carbonyl (C=O) groups excluding carboxylic acids is 2. The van der Waals surface area contributed by atoms with Crippen molar-refractivity contribution >= 4 is 21.8 Å². The molecule has 0 radical (unpaired) electrons. The lowest BCUT2D eigenvalue weighted by atomic mass is 10.0. The summed E-state index contributed by atoms with van der Waals surface area (Å²) in [7, 11) is -3.66. The van der Waals surface area contributed by atoms with Crippen molar-refractivity contribution in [3.8, 4) is 0 Å². The first-order chi connectivity index (χ1) is 14.4. The first kappa shape index (κ1) is 20.6. The molecule has 2 aromatic carbocycles. The van der Waals surface area contributed by atoms with Crippen molar-refractivity contribution in [3.63, 3.8) is 0 Å². The third kappa shape index (κ3) is 5.46. The number of amides is 2. The maximum atomic E-state index is 12.9. The predicted octanol–water partition coefficient (Wildman–Crippen LogP) is 1.75. The number of carbonyl (C=O) groups is 2. The fourth-order valence-corrected chi connectivity index (χ4v) is 4.47. The first-order valence-corrected chi connectivity index (χ1v) is 11.7. The summed E-state index contributed by atoms with van der Waals surface area (Å²) in [5, 5.41) is 5.72. The van der Waals surface area contributed by atoms with Crippen LogP contribution < -0.4 is 15.4 Å². The molecular formula is C22H25N3O4S. The van der Waals surface area contributed by atoms with E-state index in [1.165, 1.54) is 18.2 Å². The largest absolute Gasteiger partial charge is 0.352 e. The minimum Gasteiger partial charge on any atom is -0.352 e. The van der Waals surface area contributed by atoms with Crippen LogP contribution in [0.5, 0.6) is 0 Å². The van der Waals surface area contributed by atoms with Crippen molar-refractivity contribution in [2.24, 2.45) is 0 Å². The Morgan fingerprint density at radius 2 is 1.63 bits per heavy atom. The Balaban J connectivity index is 1.49. The van der Waals surface area contributed by atoms with Gasteiger partial charge < -0.3 is 10.6 Å². The van der Waals surface area contributed by atoms with Gasteiger partial charge >= 0.3 is 0 Å². The van der Waals surface area contributed by atoms with Gasteiger partial charge in [0.2, 0.25) is 15.9 Å². The molecule has 0 aliphatic heterocycles. The van der Waals surface area contributed by atoms with Gasteiger partial charge in [-0.2, -0.15) is 0 Å². The van der Waals surface area contributed by atoms with Gasteiger partial charge in [-0.25, -0.2) is 13.1 Å². The Bertz CT molecular complexity index is 1030. The van der Waals surface area contributed by atoms with Gasteiger partial charge in [0.25, 0.3) is 5.91 Å². The predicted molar refractivity (Wildman–Crippen MR) is 112 cm³/mol. The van der Waals surface area contributed by atoms with E-state index in [1.807, 2.05) is 30.3 Å². The molecule has 2 amide bonds. The minimum absolute atomic E-state index is 0.0196. The summed E-state index contributed by atoms with van der Waals surface area (Å²) < 4.78 is 27.5. The topological polar surface area (TPSA) is 104 Å². The van der Waals surface area contributed by atoms with Gasteiger partial charge in [-0.1, -0.05) is 36.4 Å². The first-order valence-electron chi connectivity index (χ1n) is 10.2. The summed E-state index contributed by atoms with van der Waals surface area (Å²) in [6, 6.07) is 14.8. The normalized spacial score (nSPS) is 17.2. The van der Waals surface area contributed by atoms with E-state index in [-0.39, 0.29) is 28.4 Å². The van der Waals surface area contributed by atoms with E-state index < -0.39 is 22.0 Å². The highest BCUT2D eigenvalue weighted by Crippen LogP contribution is 2.23. The minimum atomic E-state index is -3.66. The molecule has 1 unspecified atom stereocenters. The molecule has 30 heavy (non-hydrogen) atoms. The van der Waals surface area contributed by atoms with E-state index in [0.29, 0.717) is 6.42 Å². The number of hydrogen-bond donors (Lipinski definition) is 3. The number of sulfonamides is 1. The van der Waals surface area contributed by atoms with Crippen molar-refractivity contribution in [2.45, 2.75) is 55.1 Å². The van der Waals surface area contributed by atoms with Crippen molar-refractivity contribution in [1.82, 2.24) is 15.4 Å². The molecule has 0 heterocycles. The Kier molecular flexibility index (Phi) is 5.87. The molecule has 2 saturated carbocycles. The van der Waals surface area contributed by atoms with Crippen LogP contribution in [0, 0.1) is 0 Å². The molecule has 1 atom stereocenters. The Labute approximate surface area is 176 Å². The molecule has 7 nitrogen and oxygen atoms in total. The highest BCUT2D eigenvalue weighted by atomic mass is 32.2. The third-order valence-electron chi connectivity index (χ3n) is 5.13. The molecule has 158 valence electrons. The molecule has 2 aliphatic carbocycles. The van der Waals surface area contributed by atoms with E-state index in [2.05, 4.69) is 15.4 Å². The lowest BCUT2D eigenvalue weighted by molar-refractivity contribution is -0.123. The quantitative estimate of drug-likeness (QED) is 0.567. The Hall–Kier alpha value is -2.71. The smallest absolute Gasteiger partial charge is 0.251 e. The van der Waals surface area contributed by atoms with Crippen LogP contribution in [0.3, 0.4) is 0 Å². The fourth-order valence-electron chi connectivity index (χ4n) is 3.12. The molecule has 0 spiro atoms. The number of hydrogen-bond acceptors (Lipinski definition) is 4. The van der Waals surface area contributed by atoms with E-state index in [1.54, 1.807) is 6.07 Å². The highest BCUT2D eigenvalue weighted by Gasteiger charge is 2.30. The summed E-state index contributed by atoms with van der Waals surface area (Å²) in [6.07, 6.45) is 3.91. The van der Waals surface area contributed by atoms with Crippen molar-refractivity contribution in [3.05, 3.63) is 65.7 Å². The highest BCUT2D eigenvalue weighted by molar-refractivity contribution is 7.89. The van der Waals surface area contributed by atoms with Gasteiger partial charge in [-0.05, 0) is 49.4 Å². The summed E-state index contributed by atoms with van der Waals surface area (Å²) in [4.78, 5) is 25.6. The van der Waals surface area contributed by atoms with Crippen LogP contribution in [0.1, 0.15) is 41.6 Å². The maximum absolute atomic E-state index is 12.9. The second-order valence-electron chi connectivity index (χ2n) is 7.92. The zero-order valence-corrected chi connectivity index (χ0v) is 17.3. The van der Waals surface area contributed by atoms with Gasteiger partial charge in [0.1, 0.15) is 6.04 Å². The van der Waals surface area contributed by atoms with Crippen LogP contribution in [-0.2, 0) is 21.2 Å². The molecule has 3 N–H and O–H groups in total. The monoisotopic (exact) mass is 427 g/mol. The van der Waals surface area contributed by atoms with Crippen LogP contribution in [0.15, 0.2) is 59.5 Å². The van der Waals surface area contributed by atoms with E-state index in [4.69, 9.17) is 0 Å². The molecule has 0 saturated heterocycles. The third-order valence-corrected chi connectivity index (χ3v) is 6.65. The van der Waals surface area contributed by atoms with E-state index in [0.717, 1.165) is 31.2 Å². The molecule has 2 aromatic rings. The van der Waals surface area contributed by atoms with E-state index in [9.17, 15) is 18.0 Å². The molecule has 0 aromatic heterocycles. The summed E-state index contributed by atoms with van der Waals surface area (Å²) in [6.45, 7) is 0. The second-order valence-corrected chi connectivity index (χ2v) is 9.64. The van der Waals surface area contributed by atoms with Gasteiger partial charge in [0, 0.05) is 24.1 Å². The standard InChI is InChI=1S/C22H25N3O4S/c26-21(16-7-4-8-19(14-16)30(28,29)25-18-11-12-18)24-20(22(27)23-17-9-10-17)13-15-5-2-1-3-6-15/h1-8,14,17-18,20,25H,9-13H2,(H,23,27)(H,24,26). The van der Waals surface area contributed by atoms with Gasteiger partial charge in [0.15, 0.2) is 0 Å². The van der Waals surface area contributed by atoms with Crippen LogP contribution >= 0.6 is 0 Å². The second kappa shape index (κ2) is 8.57. The zero-order valence-electron chi connectivity index (χ0n) is 16.5. The van der Waals surface area contributed by atoms with Crippen molar-refractivity contribution in [2.75, 3.05) is 0 Å².